The van der Waals surface area contributed by atoms with Gasteiger partial charge >= 0.3 is 0 Å². The standard InChI is InChI=1S/C16H26N2O2/c1-12(2)18(9-6-10-19)11-15(20)17-16-13(3)7-5-8-14(16)4/h5,7-8,12,19H,6,9-11H2,1-4H3,(H,17,20). The van der Waals surface area contributed by atoms with Gasteiger partial charge in [-0.25, -0.2) is 0 Å². The number of hydrogen-bond donors (Lipinski definition) is 2. The van der Waals surface area contributed by atoms with Crippen LogP contribution in [0.1, 0.15) is 31.4 Å². The van der Waals surface area contributed by atoms with Crippen LogP contribution in [0.4, 0.5) is 5.69 Å². The average Bonchev–Trinajstić information content (AvgIpc) is 2.38. The van der Waals surface area contributed by atoms with Gasteiger partial charge in [-0.3, -0.25) is 9.69 Å². The van der Waals surface area contributed by atoms with Gasteiger partial charge in [-0.1, -0.05) is 18.2 Å². The maximum atomic E-state index is 12.2. The predicted molar refractivity (Wildman–Crippen MR) is 83.0 cm³/mol. The first kappa shape index (κ1) is 16.7. The molecule has 0 fully saturated rings. The van der Waals surface area contributed by atoms with E-state index in [1.54, 1.807) is 0 Å². The van der Waals surface area contributed by atoms with Crippen LogP contribution in [-0.2, 0) is 4.79 Å². The monoisotopic (exact) mass is 278 g/mol. The van der Waals surface area contributed by atoms with E-state index >= 15 is 0 Å². The normalized spacial score (nSPS) is 11.2. The number of nitrogens with zero attached hydrogens (tertiary/aromatic N) is 1. The van der Waals surface area contributed by atoms with E-state index in [0.717, 1.165) is 23.4 Å². The lowest BCUT2D eigenvalue weighted by Crippen LogP contribution is -2.39. The fraction of sp³-hybridized carbons (Fsp3) is 0.562. The number of aliphatic hydroxyl groups excluding tert-OH is 1. The Balaban J connectivity index is 2.66. The van der Waals surface area contributed by atoms with Gasteiger partial charge in [-0.15, -0.1) is 0 Å². The number of hydrogen-bond acceptors (Lipinski definition) is 3. The number of aryl methyl sites for hydroxylation is 2. The van der Waals surface area contributed by atoms with Gasteiger partial charge in [0.1, 0.15) is 0 Å². The maximum Gasteiger partial charge on any atom is 0.238 e. The van der Waals surface area contributed by atoms with Crippen molar-refractivity contribution in [3.8, 4) is 0 Å². The first-order valence-electron chi connectivity index (χ1n) is 7.16. The molecule has 1 amide bonds. The molecule has 0 unspecified atom stereocenters. The minimum atomic E-state index is -0.00552. The maximum absolute atomic E-state index is 12.2. The van der Waals surface area contributed by atoms with E-state index < -0.39 is 0 Å². The Morgan fingerprint density at radius 1 is 1.30 bits per heavy atom. The molecule has 0 aliphatic rings. The zero-order valence-electron chi connectivity index (χ0n) is 12.9. The summed E-state index contributed by atoms with van der Waals surface area (Å²) in [5, 5.41) is 11.9. The molecule has 0 aliphatic heterocycles. The Kier molecular flexibility index (Phi) is 6.68. The number of para-hydroxylation sites is 1. The van der Waals surface area contributed by atoms with E-state index in [1.165, 1.54) is 0 Å². The summed E-state index contributed by atoms with van der Waals surface area (Å²) in [6.45, 7) is 9.35. The van der Waals surface area contributed by atoms with Crippen LogP contribution in [-0.4, -0.2) is 41.7 Å². The predicted octanol–water partition coefficient (Wildman–Crippen LogP) is 2.33. The molecular formula is C16H26N2O2. The SMILES string of the molecule is Cc1cccc(C)c1NC(=O)CN(CCCO)C(C)C. The zero-order chi connectivity index (χ0) is 15.1. The van der Waals surface area contributed by atoms with Crippen molar-refractivity contribution in [3.05, 3.63) is 29.3 Å². The van der Waals surface area contributed by atoms with Crippen molar-refractivity contribution in [2.45, 2.75) is 40.2 Å². The molecule has 20 heavy (non-hydrogen) atoms. The lowest BCUT2D eigenvalue weighted by atomic mass is 10.1. The highest BCUT2D eigenvalue weighted by molar-refractivity contribution is 5.93. The molecule has 0 heterocycles. The van der Waals surface area contributed by atoms with Gasteiger partial charge in [0.15, 0.2) is 0 Å². The van der Waals surface area contributed by atoms with Crippen LogP contribution in [0.25, 0.3) is 0 Å². The molecular weight excluding hydrogens is 252 g/mol. The fourth-order valence-electron chi connectivity index (χ4n) is 2.17. The molecule has 1 rings (SSSR count). The van der Waals surface area contributed by atoms with Crippen LogP contribution in [0.5, 0.6) is 0 Å². The Bertz CT molecular complexity index is 424. The molecule has 0 bridgehead atoms. The molecule has 4 heteroatoms. The minimum Gasteiger partial charge on any atom is -0.396 e. The summed E-state index contributed by atoms with van der Waals surface area (Å²) >= 11 is 0. The number of carbonyl (C=O) groups excluding carboxylic acids is 1. The summed E-state index contributed by atoms with van der Waals surface area (Å²) in [5.41, 5.74) is 3.05. The number of amides is 1. The second-order valence-electron chi connectivity index (χ2n) is 5.46. The first-order valence-corrected chi connectivity index (χ1v) is 7.16. The number of anilines is 1. The number of benzene rings is 1. The van der Waals surface area contributed by atoms with Crippen LogP contribution < -0.4 is 5.32 Å². The van der Waals surface area contributed by atoms with Gasteiger partial charge in [-0.05, 0) is 45.2 Å². The van der Waals surface area contributed by atoms with Crippen molar-refractivity contribution >= 4 is 11.6 Å². The van der Waals surface area contributed by atoms with Crippen molar-refractivity contribution in [2.75, 3.05) is 25.0 Å². The van der Waals surface area contributed by atoms with E-state index in [-0.39, 0.29) is 18.6 Å². The van der Waals surface area contributed by atoms with Gasteiger partial charge in [0.25, 0.3) is 0 Å². The minimum absolute atomic E-state index is 0.00552. The highest BCUT2D eigenvalue weighted by Gasteiger charge is 2.14. The Hall–Kier alpha value is -1.39. The summed E-state index contributed by atoms with van der Waals surface area (Å²) < 4.78 is 0. The molecule has 112 valence electrons. The molecule has 1 aromatic carbocycles. The molecule has 0 aliphatic carbocycles. The molecule has 0 saturated carbocycles. The molecule has 0 atom stereocenters. The average molecular weight is 278 g/mol. The van der Waals surface area contributed by atoms with Gasteiger partial charge in [-0.2, -0.15) is 0 Å². The van der Waals surface area contributed by atoms with Gasteiger partial charge in [0, 0.05) is 24.9 Å². The van der Waals surface area contributed by atoms with E-state index in [1.807, 2.05) is 32.0 Å². The Labute approximate surface area is 121 Å². The molecule has 0 radical (unpaired) electrons. The lowest BCUT2D eigenvalue weighted by molar-refractivity contribution is -0.117. The van der Waals surface area contributed by atoms with Crippen molar-refractivity contribution in [1.82, 2.24) is 4.90 Å². The summed E-state index contributed by atoms with van der Waals surface area (Å²) in [6, 6.07) is 6.26. The number of aliphatic hydroxyl groups is 1. The first-order chi connectivity index (χ1) is 9.45. The van der Waals surface area contributed by atoms with Gasteiger partial charge in [0.2, 0.25) is 5.91 Å². The molecule has 1 aromatic rings. The fourth-order valence-corrected chi connectivity index (χ4v) is 2.17. The largest absolute Gasteiger partial charge is 0.396 e. The lowest BCUT2D eigenvalue weighted by Gasteiger charge is -2.25. The van der Waals surface area contributed by atoms with E-state index in [9.17, 15) is 4.79 Å². The quantitative estimate of drug-likeness (QED) is 0.805. The number of carbonyl (C=O) groups is 1. The second kappa shape index (κ2) is 8.02. The third kappa shape index (κ3) is 4.94. The van der Waals surface area contributed by atoms with Crippen LogP contribution in [0, 0.1) is 13.8 Å². The Morgan fingerprint density at radius 2 is 1.90 bits per heavy atom. The molecule has 0 aromatic heterocycles. The van der Waals surface area contributed by atoms with Crippen molar-refractivity contribution in [3.63, 3.8) is 0 Å². The van der Waals surface area contributed by atoms with Crippen LogP contribution in [0.2, 0.25) is 0 Å². The third-order valence-corrected chi connectivity index (χ3v) is 3.43. The van der Waals surface area contributed by atoms with Crippen LogP contribution >= 0.6 is 0 Å². The molecule has 2 N–H and O–H groups in total. The number of rotatable bonds is 7. The second-order valence-corrected chi connectivity index (χ2v) is 5.46. The smallest absolute Gasteiger partial charge is 0.238 e. The van der Waals surface area contributed by atoms with E-state index in [2.05, 4.69) is 24.1 Å². The third-order valence-electron chi connectivity index (χ3n) is 3.43. The molecule has 0 spiro atoms. The topological polar surface area (TPSA) is 52.6 Å². The summed E-state index contributed by atoms with van der Waals surface area (Å²) in [7, 11) is 0. The summed E-state index contributed by atoms with van der Waals surface area (Å²) in [6.07, 6.45) is 0.689. The van der Waals surface area contributed by atoms with E-state index in [0.29, 0.717) is 13.0 Å². The zero-order valence-corrected chi connectivity index (χ0v) is 12.9. The van der Waals surface area contributed by atoms with Crippen molar-refractivity contribution in [1.29, 1.82) is 0 Å². The van der Waals surface area contributed by atoms with Crippen molar-refractivity contribution < 1.29 is 9.90 Å². The van der Waals surface area contributed by atoms with Crippen molar-refractivity contribution in [2.24, 2.45) is 0 Å². The summed E-state index contributed by atoms with van der Waals surface area (Å²) in [4.78, 5) is 14.2. The van der Waals surface area contributed by atoms with Crippen LogP contribution in [0.15, 0.2) is 18.2 Å². The molecule has 0 saturated heterocycles. The highest BCUT2D eigenvalue weighted by Crippen LogP contribution is 2.19. The summed E-state index contributed by atoms with van der Waals surface area (Å²) in [5.74, 6) is -0.00552. The van der Waals surface area contributed by atoms with Gasteiger partial charge < -0.3 is 10.4 Å². The highest BCUT2D eigenvalue weighted by atomic mass is 16.3. The number of nitrogens with one attached hydrogen (secondary N) is 1. The van der Waals surface area contributed by atoms with Gasteiger partial charge in [0.05, 0.1) is 6.54 Å². The molecule has 4 nitrogen and oxygen atoms in total. The van der Waals surface area contributed by atoms with Crippen LogP contribution in [0.3, 0.4) is 0 Å². The Morgan fingerprint density at radius 3 is 2.40 bits per heavy atom. The van der Waals surface area contributed by atoms with E-state index in [4.69, 9.17) is 5.11 Å².